The molecule has 11 heteroatoms. The molecule has 0 unspecified atom stereocenters. The van der Waals surface area contributed by atoms with Crippen molar-refractivity contribution in [3.05, 3.63) is 42.1 Å². The summed E-state index contributed by atoms with van der Waals surface area (Å²) in [6.07, 6.45) is -0.956. The third-order valence-electron chi connectivity index (χ3n) is 5.53. The van der Waals surface area contributed by atoms with E-state index in [9.17, 15) is 22.0 Å². The van der Waals surface area contributed by atoms with Crippen LogP contribution in [-0.2, 0) is 6.18 Å². The van der Waals surface area contributed by atoms with Gasteiger partial charge in [-0.1, -0.05) is 6.92 Å². The first kappa shape index (κ1) is 22.3. The van der Waals surface area contributed by atoms with E-state index in [0.29, 0.717) is 17.5 Å². The van der Waals surface area contributed by atoms with E-state index in [-0.39, 0.29) is 17.3 Å². The Labute approximate surface area is 181 Å². The molecule has 2 aromatic heterocycles. The van der Waals surface area contributed by atoms with Crippen LogP contribution in [0.4, 0.5) is 27.9 Å². The van der Waals surface area contributed by atoms with Crippen LogP contribution in [0.3, 0.4) is 0 Å². The molecule has 0 radical (unpaired) electrons. The fourth-order valence-electron chi connectivity index (χ4n) is 3.98. The minimum absolute atomic E-state index is 0.00382. The molecule has 3 heterocycles. The summed E-state index contributed by atoms with van der Waals surface area (Å²) in [5, 5.41) is 11.7. The van der Waals surface area contributed by atoms with Gasteiger partial charge in [0.05, 0.1) is 11.1 Å². The zero-order chi connectivity index (χ0) is 22.9. The Bertz CT molecular complexity index is 1080. The lowest BCUT2D eigenvalue weighted by molar-refractivity contribution is -0.138. The van der Waals surface area contributed by atoms with Crippen molar-refractivity contribution < 1.29 is 26.7 Å². The van der Waals surface area contributed by atoms with Gasteiger partial charge in [-0.3, -0.25) is 4.40 Å². The van der Waals surface area contributed by atoms with E-state index < -0.39 is 24.1 Å². The summed E-state index contributed by atoms with van der Waals surface area (Å²) >= 11 is 0. The van der Waals surface area contributed by atoms with Crippen LogP contribution >= 0.6 is 0 Å². The van der Waals surface area contributed by atoms with Crippen molar-refractivity contribution in [3.63, 3.8) is 0 Å². The van der Waals surface area contributed by atoms with E-state index >= 15 is 0 Å². The van der Waals surface area contributed by atoms with E-state index in [2.05, 4.69) is 32.1 Å². The van der Waals surface area contributed by atoms with Gasteiger partial charge in [-0.2, -0.15) is 22.0 Å². The van der Waals surface area contributed by atoms with E-state index in [1.54, 1.807) is 22.7 Å². The molecular weight excluding hydrogens is 433 g/mol. The maximum absolute atomic E-state index is 13.1. The van der Waals surface area contributed by atoms with Gasteiger partial charge in [-0.25, -0.2) is 0 Å². The van der Waals surface area contributed by atoms with Gasteiger partial charge in [0.2, 0.25) is 5.95 Å². The first-order valence-corrected chi connectivity index (χ1v) is 10.3. The van der Waals surface area contributed by atoms with Crippen molar-refractivity contribution in [1.29, 1.82) is 0 Å². The van der Waals surface area contributed by atoms with Crippen LogP contribution in [-0.4, -0.2) is 51.8 Å². The predicted octanol–water partition coefficient (Wildman–Crippen LogP) is 4.91. The highest BCUT2D eigenvalue weighted by atomic mass is 19.4. The minimum Gasteiger partial charge on any atom is -0.434 e. The second kappa shape index (κ2) is 8.89. The van der Waals surface area contributed by atoms with Gasteiger partial charge >= 0.3 is 12.8 Å². The molecule has 4 rings (SSSR count). The molecule has 0 bridgehead atoms. The van der Waals surface area contributed by atoms with Gasteiger partial charge < -0.3 is 15.0 Å². The molecule has 6 nitrogen and oxygen atoms in total. The third kappa shape index (κ3) is 4.62. The molecule has 1 N–H and O–H groups in total. The largest absolute Gasteiger partial charge is 0.434 e. The van der Waals surface area contributed by atoms with Gasteiger partial charge in [0.1, 0.15) is 11.4 Å². The zero-order valence-electron chi connectivity index (χ0n) is 17.2. The number of nitrogens with zero attached hydrogens (tertiary/aromatic N) is 4. The topological polar surface area (TPSA) is 54.7 Å². The summed E-state index contributed by atoms with van der Waals surface area (Å²) in [5.41, 5.74) is -0.448. The number of hydrogen-bond donors (Lipinski definition) is 1. The van der Waals surface area contributed by atoms with Crippen LogP contribution in [0.25, 0.3) is 16.8 Å². The number of fused-ring (bicyclic) bond motifs is 1. The number of ether oxygens (including phenoxy) is 1. The monoisotopic (exact) mass is 455 g/mol. The molecule has 1 saturated heterocycles. The Balaban J connectivity index is 1.72. The molecule has 0 aliphatic carbocycles. The maximum atomic E-state index is 13.1. The normalized spacial score (nSPS) is 17.8. The van der Waals surface area contributed by atoms with Crippen molar-refractivity contribution in [2.45, 2.75) is 38.6 Å². The van der Waals surface area contributed by atoms with E-state index in [4.69, 9.17) is 0 Å². The first-order chi connectivity index (χ1) is 15.3. The molecule has 32 heavy (non-hydrogen) atoms. The van der Waals surface area contributed by atoms with Crippen LogP contribution in [0.2, 0.25) is 0 Å². The second-order valence-electron chi connectivity index (χ2n) is 7.60. The lowest BCUT2D eigenvalue weighted by Crippen LogP contribution is -2.42. The summed E-state index contributed by atoms with van der Waals surface area (Å²) in [7, 11) is 0. The summed E-state index contributed by atoms with van der Waals surface area (Å²) in [5.74, 6) is -0.140. The highest BCUT2D eigenvalue weighted by Crippen LogP contribution is 2.38. The predicted molar refractivity (Wildman–Crippen MR) is 109 cm³/mol. The van der Waals surface area contributed by atoms with Crippen molar-refractivity contribution in [2.75, 3.05) is 25.0 Å². The standard InChI is InChI=1S/C21H22F5N5O/c1-2-30-9-3-5-14(12-30)27-20-29-28-18(16-6-4-10-31(16)20)15-8-7-13(21(24,25)26)11-17(15)32-19(22)23/h4,6-8,10-11,14,19H,2-3,5,9,12H2,1H3,(H,27,29)/t14-/m1/s1. The van der Waals surface area contributed by atoms with Crippen molar-refractivity contribution in [3.8, 4) is 17.0 Å². The van der Waals surface area contributed by atoms with Crippen molar-refractivity contribution >= 4 is 11.5 Å². The number of nitrogens with one attached hydrogen (secondary N) is 1. The Kier molecular flexibility index (Phi) is 6.18. The molecule has 1 aliphatic rings. The van der Waals surface area contributed by atoms with E-state index in [0.717, 1.165) is 44.6 Å². The SMILES string of the molecule is CCN1CCC[C@@H](Nc2nnc(-c3ccc(C(F)(F)F)cc3OC(F)F)c3cccn23)C1. The lowest BCUT2D eigenvalue weighted by Gasteiger charge is -2.32. The first-order valence-electron chi connectivity index (χ1n) is 10.3. The summed E-state index contributed by atoms with van der Waals surface area (Å²) in [4.78, 5) is 2.33. The fourth-order valence-corrected chi connectivity index (χ4v) is 3.98. The Morgan fingerprint density at radius 2 is 2.03 bits per heavy atom. The molecule has 172 valence electrons. The van der Waals surface area contributed by atoms with Crippen LogP contribution in [0.5, 0.6) is 5.75 Å². The number of benzene rings is 1. The highest BCUT2D eigenvalue weighted by molar-refractivity contribution is 5.81. The summed E-state index contributed by atoms with van der Waals surface area (Å²) in [6.45, 7) is 1.65. The molecule has 0 amide bonds. The maximum Gasteiger partial charge on any atom is 0.416 e. The molecule has 0 spiro atoms. The van der Waals surface area contributed by atoms with E-state index in [1.807, 2.05) is 0 Å². The number of alkyl halides is 5. The van der Waals surface area contributed by atoms with Crippen molar-refractivity contribution in [2.24, 2.45) is 0 Å². The van der Waals surface area contributed by atoms with Gasteiger partial charge in [0.25, 0.3) is 0 Å². The summed E-state index contributed by atoms with van der Waals surface area (Å²) < 4.78 is 71.2. The molecule has 0 saturated carbocycles. The lowest BCUT2D eigenvalue weighted by atomic mass is 10.1. The van der Waals surface area contributed by atoms with E-state index in [1.165, 1.54) is 0 Å². The van der Waals surface area contributed by atoms with Crippen LogP contribution < -0.4 is 10.1 Å². The molecule has 3 aromatic rings. The fraction of sp³-hybridized carbons (Fsp3) is 0.429. The molecule has 1 aromatic carbocycles. The van der Waals surface area contributed by atoms with Crippen LogP contribution in [0, 0.1) is 0 Å². The van der Waals surface area contributed by atoms with Gasteiger partial charge in [0, 0.05) is 24.3 Å². The Morgan fingerprint density at radius 3 is 2.75 bits per heavy atom. The quantitative estimate of drug-likeness (QED) is 0.536. The van der Waals surface area contributed by atoms with Gasteiger partial charge in [0.15, 0.2) is 0 Å². The molecule has 1 fully saturated rings. The average Bonchev–Trinajstić information content (AvgIpc) is 3.24. The number of hydrogen-bond acceptors (Lipinski definition) is 5. The van der Waals surface area contributed by atoms with Gasteiger partial charge in [-0.15, -0.1) is 10.2 Å². The second-order valence-corrected chi connectivity index (χ2v) is 7.60. The van der Waals surface area contributed by atoms with Crippen LogP contribution in [0.15, 0.2) is 36.5 Å². The summed E-state index contributed by atoms with van der Waals surface area (Å²) in [6, 6.07) is 6.02. The number of halogens is 5. The number of rotatable bonds is 6. The highest BCUT2D eigenvalue weighted by Gasteiger charge is 2.32. The Morgan fingerprint density at radius 1 is 1.22 bits per heavy atom. The smallest absolute Gasteiger partial charge is 0.416 e. The third-order valence-corrected chi connectivity index (χ3v) is 5.53. The minimum atomic E-state index is -4.70. The average molecular weight is 455 g/mol. The number of piperidine rings is 1. The molecule has 1 atom stereocenters. The Hall–Kier alpha value is -2.95. The molecular formula is C21H22F5N5O. The number of likely N-dealkylation sites (N-methyl/N-ethyl adjacent to an activating group) is 1. The molecule has 1 aliphatic heterocycles. The van der Waals surface area contributed by atoms with Crippen LogP contribution in [0.1, 0.15) is 25.3 Å². The number of likely N-dealkylation sites (tertiary alicyclic amines) is 1. The zero-order valence-corrected chi connectivity index (χ0v) is 17.2. The number of aromatic nitrogens is 3. The van der Waals surface area contributed by atoms with Crippen molar-refractivity contribution in [1.82, 2.24) is 19.5 Å². The van der Waals surface area contributed by atoms with Gasteiger partial charge in [-0.05, 0) is 56.3 Å². The number of anilines is 1.